The number of hydrogen-bond acceptors (Lipinski definition) is 3. The molecule has 0 saturated heterocycles. The second-order valence-corrected chi connectivity index (χ2v) is 5.56. The summed E-state index contributed by atoms with van der Waals surface area (Å²) < 4.78 is 13.0. The van der Waals surface area contributed by atoms with Gasteiger partial charge in [0.05, 0.1) is 11.3 Å². The molecule has 126 valence electrons. The average molecular weight is 337 g/mol. The minimum Gasteiger partial charge on any atom is -0.478 e. The van der Waals surface area contributed by atoms with Gasteiger partial charge in [-0.05, 0) is 47.5 Å². The third-order valence-corrected chi connectivity index (χ3v) is 3.83. The Hall–Kier alpha value is -3.18. The standard InChI is InChI=1S/C20H16FNO3/c21-15-7-9-16(10-8-15)22-18-12-14(6-11-17(18)20(24)25)19(23)13-4-2-1-3-5-13/h1-12,19,22-23H,(H,24,25). The van der Waals surface area contributed by atoms with E-state index in [2.05, 4.69) is 5.32 Å². The van der Waals surface area contributed by atoms with Crippen LogP contribution in [0.3, 0.4) is 0 Å². The van der Waals surface area contributed by atoms with Gasteiger partial charge in [0.1, 0.15) is 11.9 Å². The first-order valence-corrected chi connectivity index (χ1v) is 7.67. The average Bonchev–Trinajstić information content (AvgIpc) is 2.63. The van der Waals surface area contributed by atoms with Crippen LogP contribution < -0.4 is 5.32 Å². The smallest absolute Gasteiger partial charge is 0.337 e. The van der Waals surface area contributed by atoms with Crippen molar-refractivity contribution in [3.8, 4) is 0 Å². The summed E-state index contributed by atoms with van der Waals surface area (Å²) in [6, 6.07) is 19.3. The van der Waals surface area contributed by atoms with E-state index < -0.39 is 12.1 Å². The molecule has 0 saturated carbocycles. The van der Waals surface area contributed by atoms with Crippen LogP contribution in [-0.4, -0.2) is 16.2 Å². The Labute approximate surface area is 144 Å². The topological polar surface area (TPSA) is 69.6 Å². The molecule has 5 heteroatoms. The number of aliphatic hydroxyl groups is 1. The zero-order chi connectivity index (χ0) is 17.8. The van der Waals surface area contributed by atoms with Gasteiger partial charge >= 0.3 is 5.97 Å². The molecular weight excluding hydrogens is 321 g/mol. The number of aliphatic hydroxyl groups excluding tert-OH is 1. The molecule has 1 unspecified atom stereocenters. The van der Waals surface area contributed by atoms with Crippen molar-refractivity contribution in [2.24, 2.45) is 0 Å². The molecule has 1 atom stereocenters. The van der Waals surface area contributed by atoms with Gasteiger partial charge in [-0.15, -0.1) is 0 Å². The van der Waals surface area contributed by atoms with Crippen LogP contribution in [0.5, 0.6) is 0 Å². The Balaban J connectivity index is 1.97. The summed E-state index contributed by atoms with van der Waals surface area (Å²) in [5.41, 5.74) is 2.20. The molecule has 0 aliphatic heterocycles. The molecule has 4 nitrogen and oxygen atoms in total. The molecule has 0 bridgehead atoms. The number of carboxylic acids is 1. The van der Waals surface area contributed by atoms with Gasteiger partial charge in [-0.2, -0.15) is 0 Å². The van der Waals surface area contributed by atoms with E-state index in [4.69, 9.17) is 0 Å². The van der Waals surface area contributed by atoms with E-state index in [1.165, 1.54) is 30.3 Å². The highest BCUT2D eigenvalue weighted by atomic mass is 19.1. The normalized spacial score (nSPS) is 11.8. The second-order valence-electron chi connectivity index (χ2n) is 5.56. The van der Waals surface area contributed by atoms with Crippen LogP contribution in [-0.2, 0) is 0 Å². The van der Waals surface area contributed by atoms with Gasteiger partial charge in [-0.3, -0.25) is 0 Å². The SMILES string of the molecule is O=C(O)c1ccc(C(O)c2ccccc2)cc1Nc1ccc(F)cc1. The maximum atomic E-state index is 13.0. The number of halogens is 1. The number of nitrogens with one attached hydrogen (secondary N) is 1. The molecule has 0 heterocycles. The number of benzene rings is 3. The molecule has 3 N–H and O–H groups in total. The van der Waals surface area contributed by atoms with E-state index in [1.807, 2.05) is 18.2 Å². The highest BCUT2D eigenvalue weighted by molar-refractivity contribution is 5.95. The number of hydrogen-bond donors (Lipinski definition) is 3. The van der Waals surface area contributed by atoms with Crippen molar-refractivity contribution >= 4 is 17.3 Å². The lowest BCUT2D eigenvalue weighted by Crippen LogP contribution is -2.06. The molecule has 0 radical (unpaired) electrons. The molecule has 0 spiro atoms. The van der Waals surface area contributed by atoms with Gasteiger partial charge in [0.15, 0.2) is 0 Å². The van der Waals surface area contributed by atoms with Crippen LogP contribution in [0.25, 0.3) is 0 Å². The van der Waals surface area contributed by atoms with Crippen LogP contribution in [0, 0.1) is 5.82 Å². The van der Waals surface area contributed by atoms with Crippen LogP contribution >= 0.6 is 0 Å². The Morgan fingerprint density at radius 3 is 2.24 bits per heavy atom. The first-order chi connectivity index (χ1) is 12.0. The first kappa shape index (κ1) is 16.7. The zero-order valence-electron chi connectivity index (χ0n) is 13.2. The summed E-state index contributed by atoms with van der Waals surface area (Å²) in [7, 11) is 0. The van der Waals surface area contributed by atoms with Crippen molar-refractivity contribution in [2.45, 2.75) is 6.10 Å². The fourth-order valence-corrected chi connectivity index (χ4v) is 2.54. The molecule has 0 amide bonds. The lowest BCUT2D eigenvalue weighted by atomic mass is 9.99. The third kappa shape index (κ3) is 3.84. The highest BCUT2D eigenvalue weighted by Gasteiger charge is 2.16. The third-order valence-electron chi connectivity index (χ3n) is 3.83. The van der Waals surface area contributed by atoms with Gasteiger partial charge < -0.3 is 15.5 Å². The first-order valence-electron chi connectivity index (χ1n) is 7.67. The summed E-state index contributed by atoms with van der Waals surface area (Å²) in [6.07, 6.45) is -0.877. The summed E-state index contributed by atoms with van der Waals surface area (Å²) in [4.78, 5) is 11.5. The van der Waals surface area contributed by atoms with E-state index in [0.29, 0.717) is 22.5 Å². The lowest BCUT2D eigenvalue weighted by molar-refractivity contribution is 0.0698. The monoisotopic (exact) mass is 337 g/mol. The van der Waals surface area contributed by atoms with Crippen molar-refractivity contribution in [1.29, 1.82) is 0 Å². The maximum absolute atomic E-state index is 13.0. The molecule has 0 fully saturated rings. The van der Waals surface area contributed by atoms with Crippen molar-refractivity contribution in [3.63, 3.8) is 0 Å². The van der Waals surface area contributed by atoms with Gasteiger partial charge in [0.25, 0.3) is 0 Å². The van der Waals surface area contributed by atoms with Crippen molar-refractivity contribution in [3.05, 3.63) is 95.3 Å². The maximum Gasteiger partial charge on any atom is 0.337 e. The van der Waals surface area contributed by atoms with Crippen molar-refractivity contribution < 1.29 is 19.4 Å². The quantitative estimate of drug-likeness (QED) is 0.647. The van der Waals surface area contributed by atoms with Gasteiger partial charge in [0, 0.05) is 5.69 Å². The van der Waals surface area contributed by atoms with Gasteiger partial charge in [0.2, 0.25) is 0 Å². The molecule has 3 rings (SSSR count). The molecule has 0 aliphatic carbocycles. The Kier molecular flexibility index (Phi) is 4.77. The van der Waals surface area contributed by atoms with E-state index in [0.717, 1.165) is 0 Å². The van der Waals surface area contributed by atoms with E-state index >= 15 is 0 Å². The number of carbonyl (C=O) groups is 1. The predicted molar refractivity (Wildman–Crippen MR) is 93.6 cm³/mol. The number of aromatic carboxylic acids is 1. The Morgan fingerprint density at radius 1 is 0.920 bits per heavy atom. The fourth-order valence-electron chi connectivity index (χ4n) is 2.54. The summed E-state index contributed by atoms with van der Waals surface area (Å²) in [5.74, 6) is -1.47. The number of anilines is 2. The van der Waals surface area contributed by atoms with E-state index in [-0.39, 0.29) is 11.4 Å². The van der Waals surface area contributed by atoms with Crippen LogP contribution in [0.2, 0.25) is 0 Å². The molecule has 0 aromatic heterocycles. The van der Waals surface area contributed by atoms with Crippen LogP contribution in [0.1, 0.15) is 27.6 Å². The molecular formula is C20H16FNO3. The van der Waals surface area contributed by atoms with Gasteiger partial charge in [-0.25, -0.2) is 9.18 Å². The Bertz CT molecular complexity index is 879. The number of carboxylic acid groups (broad SMARTS) is 1. The highest BCUT2D eigenvalue weighted by Crippen LogP contribution is 2.28. The van der Waals surface area contributed by atoms with E-state index in [1.54, 1.807) is 24.3 Å². The van der Waals surface area contributed by atoms with Crippen molar-refractivity contribution in [1.82, 2.24) is 0 Å². The van der Waals surface area contributed by atoms with Crippen molar-refractivity contribution in [2.75, 3.05) is 5.32 Å². The molecule has 3 aromatic rings. The Morgan fingerprint density at radius 2 is 1.60 bits per heavy atom. The molecule has 3 aromatic carbocycles. The lowest BCUT2D eigenvalue weighted by Gasteiger charge is -2.15. The zero-order valence-corrected chi connectivity index (χ0v) is 13.2. The summed E-state index contributed by atoms with van der Waals surface area (Å²) >= 11 is 0. The minimum absolute atomic E-state index is 0.0633. The summed E-state index contributed by atoms with van der Waals surface area (Å²) in [6.45, 7) is 0. The van der Waals surface area contributed by atoms with Crippen LogP contribution in [0.4, 0.5) is 15.8 Å². The molecule has 0 aliphatic rings. The van der Waals surface area contributed by atoms with Crippen LogP contribution in [0.15, 0.2) is 72.8 Å². The van der Waals surface area contributed by atoms with Gasteiger partial charge in [-0.1, -0.05) is 36.4 Å². The number of rotatable bonds is 5. The largest absolute Gasteiger partial charge is 0.478 e. The second kappa shape index (κ2) is 7.15. The minimum atomic E-state index is -1.09. The predicted octanol–water partition coefficient (Wildman–Crippen LogP) is 4.35. The molecule has 25 heavy (non-hydrogen) atoms. The fraction of sp³-hybridized carbons (Fsp3) is 0.0500. The summed E-state index contributed by atoms with van der Waals surface area (Å²) in [5, 5.41) is 22.9. The van der Waals surface area contributed by atoms with E-state index in [9.17, 15) is 19.4 Å².